The quantitative estimate of drug-likeness (QED) is 0.760. The summed E-state index contributed by atoms with van der Waals surface area (Å²) in [4.78, 5) is 30.9. The number of piperidine rings is 1. The lowest BCUT2D eigenvalue weighted by Crippen LogP contribution is -2.46. The Hall–Kier alpha value is -1.82. The minimum Gasteiger partial charge on any atom is -0.450 e. The van der Waals surface area contributed by atoms with Gasteiger partial charge in [0.05, 0.1) is 6.61 Å². The molecule has 6 heteroatoms. The summed E-state index contributed by atoms with van der Waals surface area (Å²) in [6, 6.07) is 0.358. The number of nitrogens with zero attached hydrogens (tertiary/aromatic N) is 3. The van der Waals surface area contributed by atoms with Crippen LogP contribution < -0.4 is 0 Å². The molecule has 2 unspecified atom stereocenters. The Balaban J connectivity index is 1.26. The lowest BCUT2D eigenvalue weighted by Gasteiger charge is -2.38. The van der Waals surface area contributed by atoms with E-state index < -0.39 is 0 Å². The molecule has 0 aromatic heterocycles. The van der Waals surface area contributed by atoms with E-state index in [0.29, 0.717) is 36.8 Å². The van der Waals surface area contributed by atoms with Crippen LogP contribution in [0.4, 0.5) is 4.79 Å². The van der Waals surface area contributed by atoms with E-state index in [1.54, 1.807) is 0 Å². The SMILES string of the molecule is CCOC(=O)N1CCC(CN2CCC(N3C(=O)CC4CC=CC=C43)CC2)C1. The summed E-state index contributed by atoms with van der Waals surface area (Å²) in [5, 5.41) is 0. The van der Waals surface area contributed by atoms with Crippen molar-refractivity contribution >= 4 is 12.0 Å². The van der Waals surface area contributed by atoms with E-state index in [0.717, 1.165) is 58.4 Å². The normalized spacial score (nSPS) is 29.2. The Kier molecular flexibility index (Phi) is 5.53. The first-order valence-corrected chi connectivity index (χ1v) is 10.5. The van der Waals surface area contributed by atoms with Crippen LogP contribution in [0.2, 0.25) is 0 Å². The average Bonchev–Trinajstić information content (AvgIpc) is 3.26. The van der Waals surface area contributed by atoms with Crippen molar-refractivity contribution in [3.8, 4) is 0 Å². The topological polar surface area (TPSA) is 53.1 Å². The molecular formula is C21H31N3O3. The Bertz CT molecular complexity index is 637. The zero-order valence-corrected chi connectivity index (χ0v) is 16.3. The van der Waals surface area contributed by atoms with Gasteiger partial charge < -0.3 is 19.4 Å². The molecule has 27 heavy (non-hydrogen) atoms. The second kappa shape index (κ2) is 8.05. The van der Waals surface area contributed by atoms with Crippen LogP contribution >= 0.6 is 0 Å². The highest BCUT2D eigenvalue weighted by Gasteiger charge is 2.40. The highest BCUT2D eigenvalue weighted by molar-refractivity contribution is 5.82. The molecule has 0 bridgehead atoms. The molecule has 3 aliphatic heterocycles. The molecule has 0 radical (unpaired) electrons. The molecular weight excluding hydrogens is 342 g/mol. The molecule has 0 spiro atoms. The fourth-order valence-corrected chi connectivity index (χ4v) is 5.09. The maximum Gasteiger partial charge on any atom is 0.409 e. The highest BCUT2D eigenvalue weighted by atomic mass is 16.6. The lowest BCUT2D eigenvalue weighted by atomic mass is 9.96. The van der Waals surface area contributed by atoms with Crippen LogP contribution in [0.5, 0.6) is 0 Å². The summed E-state index contributed by atoms with van der Waals surface area (Å²) in [6.45, 7) is 7.04. The average molecular weight is 373 g/mol. The van der Waals surface area contributed by atoms with E-state index in [1.165, 1.54) is 5.70 Å². The smallest absolute Gasteiger partial charge is 0.409 e. The Morgan fingerprint density at radius 2 is 2.04 bits per heavy atom. The predicted molar refractivity (Wildman–Crippen MR) is 103 cm³/mol. The summed E-state index contributed by atoms with van der Waals surface area (Å²) in [5.41, 5.74) is 1.25. The molecule has 4 aliphatic rings. The third-order valence-electron chi connectivity index (χ3n) is 6.46. The van der Waals surface area contributed by atoms with Crippen LogP contribution in [0.15, 0.2) is 23.9 Å². The van der Waals surface area contributed by atoms with Crippen LogP contribution in [0.25, 0.3) is 0 Å². The summed E-state index contributed by atoms with van der Waals surface area (Å²) in [5.74, 6) is 1.26. The number of ether oxygens (including phenoxy) is 1. The second-order valence-corrected chi connectivity index (χ2v) is 8.25. The van der Waals surface area contributed by atoms with Gasteiger partial charge in [-0.15, -0.1) is 0 Å². The number of fused-ring (bicyclic) bond motifs is 1. The zero-order chi connectivity index (χ0) is 18.8. The van der Waals surface area contributed by atoms with Crippen LogP contribution in [-0.4, -0.2) is 72.1 Å². The predicted octanol–water partition coefficient (Wildman–Crippen LogP) is 2.62. The molecule has 0 saturated carbocycles. The summed E-state index contributed by atoms with van der Waals surface area (Å²) < 4.78 is 5.11. The van der Waals surface area contributed by atoms with Gasteiger partial charge in [-0.1, -0.05) is 12.2 Å². The molecule has 1 aliphatic carbocycles. The largest absolute Gasteiger partial charge is 0.450 e. The van der Waals surface area contributed by atoms with Gasteiger partial charge in [0.2, 0.25) is 5.91 Å². The standard InChI is InChI=1S/C21H31N3O3/c1-2-27-21(26)23-12-7-16(15-23)14-22-10-8-18(9-11-22)24-19-6-4-3-5-17(19)13-20(24)25/h3-4,6,16-18H,2,5,7-15H2,1H3. The van der Waals surface area contributed by atoms with Crippen molar-refractivity contribution < 1.29 is 14.3 Å². The van der Waals surface area contributed by atoms with Crippen molar-refractivity contribution in [1.82, 2.24) is 14.7 Å². The van der Waals surface area contributed by atoms with Gasteiger partial charge in [0.25, 0.3) is 0 Å². The molecule has 2 amide bonds. The van der Waals surface area contributed by atoms with Crippen molar-refractivity contribution in [2.24, 2.45) is 11.8 Å². The molecule has 2 atom stereocenters. The van der Waals surface area contributed by atoms with Crippen molar-refractivity contribution in [2.75, 3.05) is 39.3 Å². The Labute approximate surface area is 161 Å². The molecule has 4 rings (SSSR count). The van der Waals surface area contributed by atoms with Gasteiger partial charge in [-0.3, -0.25) is 4.79 Å². The van der Waals surface area contributed by atoms with Gasteiger partial charge in [0.15, 0.2) is 0 Å². The van der Waals surface area contributed by atoms with Crippen molar-refractivity contribution in [2.45, 2.75) is 45.1 Å². The van der Waals surface area contributed by atoms with Crippen LogP contribution in [-0.2, 0) is 9.53 Å². The number of rotatable bonds is 4. The van der Waals surface area contributed by atoms with Crippen LogP contribution in [0.3, 0.4) is 0 Å². The van der Waals surface area contributed by atoms with Crippen molar-refractivity contribution in [3.05, 3.63) is 23.9 Å². The molecule has 0 aromatic rings. The van der Waals surface area contributed by atoms with Gasteiger partial charge in [-0.25, -0.2) is 4.79 Å². The maximum atomic E-state index is 12.5. The summed E-state index contributed by atoms with van der Waals surface area (Å²) in [6.07, 6.45) is 11.1. The monoisotopic (exact) mass is 373 g/mol. The molecule has 148 valence electrons. The zero-order valence-electron chi connectivity index (χ0n) is 16.3. The number of hydrogen-bond donors (Lipinski definition) is 0. The molecule has 0 aromatic carbocycles. The minimum atomic E-state index is -0.171. The number of carbonyl (C=O) groups is 2. The highest BCUT2D eigenvalue weighted by Crippen LogP contribution is 2.38. The third-order valence-corrected chi connectivity index (χ3v) is 6.46. The number of amides is 2. The lowest BCUT2D eigenvalue weighted by molar-refractivity contribution is -0.129. The third kappa shape index (κ3) is 3.91. The minimum absolute atomic E-state index is 0.171. The first-order chi connectivity index (χ1) is 13.2. The van der Waals surface area contributed by atoms with E-state index in [1.807, 2.05) is 11.8 Å². The van der Waals surface area contributed by atoms with Crippen molar-refractivity contribution in [1.29, 1.82) is 0 Å². The molecule has 6 nitrogen and oxygen atoms in total. The van der Waals surface area contributed by atoms with E-state index in [-0.39, 0.29) is 6.09 Å². The first-order valence-electron chi connectivity index (χ1n) is 10.5. The van der Waals surface area contributed by atoms with Crippen LogP contribution in [0.1, 0.15) is 39.0 Å². The van der Waals surface area contributed by atoms with Gasteiger partial charge in [-0.2, -0.15) is 0 Å². The molecule has 3 saturated heterocycles. The number of hydrogen-bond acceptors (Lipinski definition) is 4. The van der Waals surface area contributed by atoms with Gasteiger partial charge in [0.1, 0.15) is 0 Å². The van der Waals surface area contributed by atoms with Gasteiger partial charge >= 0.3 is 6.09 Å². The Morgan fingerprint density at radius 1 is 1.22 bits per heavy atom. The van der Waals surface area contributed by atoms with Gasteiger partial charge in [0, 0.05) is 56.8 Å². The van der Waals surface area contributed by atoms with Crippen LogP contribution in [0, 0.1) is 11.8 Å². The van der Waals surface area contributed by atoms with E-state index in [2.05, 4.69) is 28.0 Å². The summed E-state index contributed by atoms with van der Waals surface area (Å²) >= 11 is 0. The number of likely N-dealkylation sites (tertiary alicyclic amines) is 3. The fourth-order valence-electron chi connectivity index (χ4n) is 5.09. The van der Waals surface area contributed by atoms with Crippen molar-refractivity contribution in [3.63, 3.8) is 0 Å². The molecule has 3 heterocycles. The van der Waals surface area contributed by atoms with E-state index >= 15 is 0 Å². The Morgan fingerprint density at radius 3 is 2.81 bits per heavy atom. The molecule has 0 N–H and O–H groups in total. The van der Waals surface area contributed by atoms with E-state index in [4.69, 9.17) is 4.74 Å². The fraction of sp³-hybridized carbons (Fsp3) is 0.714. The van der Waals surface area contributed by atoms with E-state index in [9.17, 15) is 9.59 Å². The number of allylic oxidation sites excluding steroid dienone is 4. The summed E-state index contributed by atoms with van der Waals surface area (Å²) in [7, 11) is 0. The first kappa shape index (κ1) is 18.5. The maximum absolute atomic E-state index is 12.5. The molecule has 3 fully saturated rings. The number of carbonyl (C=O) groups excluding carboxylic acids is 2. The van der Waals surface area contributed by atoms with Gasteiger partial charge in [-0.05, 0) is 44.6 Å². The second-order valence-electron chi connectivity index (χ2n) is 8.25.